The molecule has 3 aromatic carbocycles. The zero-order valence-corrected chi connectivity index (χ0v) is 13.2. The Hall–Kier alpha value is -3.07. The van der Waals surface area contributed by atoms with E-state index in [-0.39, 0.29) is 5.97 Å². The van der Waals surface area contributed by atoms with Gasteiger partial charge in [-0.15, -0.1) is 0 Å². The summed E-state index contributed by atoms with van der Waals surface area (Å²) < 4.78 is 11.2. The minimum atomic E-state index is -0.254. The molecule has 120 valence electrons. The molecule has 0 fully saturated rings. The Morgan fingerprint density at radius 3 is 2.00 bits per heavy atom. The molecule has 3 nitrogen and oxygen atoms in total. The van der Waals surface area contributed by atoms with Crippen molar-refractivity contribution < 1.29 is 14.3 Å². The Kier molecular flexibility index (Phi) is 5.25. The van der Waals surface area contributed by atoms with Crippen molar-refractivity contribution in [1.29, 1.82) is 0 Å². The van der Waals surface area contributed by atoms with E-state index in [4.69, 9.17) is 9.47 Å². The Balaban J connectivity index is 1.62. The highest BCUT2D eigenvalue weighted by molar-refractivity contribution is 5.72. The van der Waals surface area contributed by atoms with Gasteiger partial charge in [0.25, 0.3) is 0 Å². The number of esters is 1. The van der Waals surface area contributed by atoms with E-state index in [0.717, 1.165) is 17.1 Å². The van der Waals surface area contributed by atoms with Gasteiger partial charge in [0.05, 0.1) is 6.42 Å². The van der Waals surface area contributed by atoms with Crippen LogP contribution in [0.2, 0.25) is 0 Å². The van der Waals surface area contributed by atoms with Gasteiger partial charge in [-0.2, -0.15) is 0 Å². The summed E-state index contributed by atoms with van der Waals surface area (Å²) >= 11 is 0. The van der Waals surface area contributed by atoms with Gasteiger partial charge in [0, 0.05) is 0 Å². The molecule has 0 aliphatic rings. The molecule has 0 amide bonds. The van der Waals surface area contributed by atoms with Crippen LogP contribution in [-0.4, -0.2) is 5.97 Å². The molecule has 3 aromatic rings. The van der Waals surface area contributed by atoms with E-state index < -0.39 is 0 Å². The number of aryl methyl sites for hydroxylation is 1. The third-order valence-electron chi connectivity index (χ3n) is 3.52. The molecule has 0 spiro atoms. The van der Waals surface area contributed by atoms with E-state index in [1.54, 1.807) is 12.1 Å². The minimum Gasteiger partial charge on any atom is -0.457 e. The standard InChI is InChI=1S/C21H18O3/c22-21(24-19-12-5-2-6-13-19)16-15-17-9-7-8-14-20(17)23-18-10-3-1-4-11-18/h1-14H,15-16H2. The first-order chi connectivity index (χ1) is 11.8. The number of para-hydroxylation sites is 3. The van der Waals surface area contributed by atoms with Gasteiger partial charge in [-0.25, -0.2) is 0 Å². The van der Waals surface area contributed by atoms with E-state index in [1.165, 1.54) is 0 Å². The van der Waals surface area contributed by atoms with Gasteiger partial charge in [-0.05, 0) is 42.3 Å². The highest BCUT2D eigenvalue weighted by Crippen LogP contribution is 2.26. The van der Waals surface area contributed by atoms with Crippen LogP contribution >= 0.6 is 0 Å². The topological polar surface area (TPSA) is 35.5 Å². The summed E-state index contributed by atoms with van der Waals surface area (Å²) in [4.78, 5) is 12.0. The van der Waals surface area contributed by atoms with E-state index in [2.05, 4.69) is 0 Å². The first-order valence-corrected chi connectivity index (χ1v) is 7.88. The lowest BCUT2D eigenvalue weighted by molar-refractivity contribution is -0.134. The van der Waals surface area contributed by atoms with Crippen LogP contribution in [0.5, 0.6) is 17.2 Å². The van der Waals surface area contributed by atoms with Crippen LogP contribution in [0, 0.1) is 0 Å². The number of hydrogen-bond acceptors (Lipinski definition) is 3. The summed E-state index contributed by atoms with van der Waals surface area (Å²) in [7, 11) is 0. The molecule has 0 radical (unpaired) electrons. The average molecular weight is 318 g/mol. The van der Waals surface area contributed by atoms with Crippen molar-refractivity contribution in [2.75, 3.05) is 0 Å². The molecule has 0 bridgehead atoms. The maximum atomic E-state index is 12.0. The van der Waals surface area contributed by atoms with Crippen molar-refractivity contribution in [3.05, 3.63) is 90.5 Å². The van der Waals surface area contributed by atoms with Gasteiger partial charge in [0.15, 0.2) is 0 Å². The lowest BCUT2D eigenvalue weighted by Gasteiger charge is -2.11. The Bertz CT molecular complexity index is 782. The van der Waals surface area contributed by atoms with E-state index in [0.29, 0.717) is 18.6 Å². The Morgan fingerprint density at radius 1 is 0.708 bits per heavy atom. The fourth-order valence-corrected chi connectivity index (χ4v) is 2.33. The normalized spacial score (nSPS) is 10.2. The van der Waals surface area contributed by atoms with Gasteiger partial charge in [0.1, 0.15) is 17.2 Å². The monoisotopic (exact) mass is 318 g/mol. The zero-order valence-electron chi connectivity index (χ0n) is 13.2. The van der Waals surface area contributed by atoms with Gasteiger partial charge < -0.3 is 9.47 Å². The quantitative estimate of drug-likeness (QED) is 0.473. The van der Waals surface area contributed by atoms with Crippen LogP contribution < -0.4 is 9.47 Å². The third-order valence-corrected chi connectivity index (χ3v) is 3.52. The third kappa shape index (κ3) is 4.46. The second kappa shape index (κ2) is 7.97. The van der Waals surface area contributed by atoms with Gasteiger partial charge >= 0.3 is 5.97 Å². The van der Waals surface area contributed by atoms with Crippen molar-refractivity contribution in [3.63, 3.8) is 0 Å². The number of rotatable bonds is 6. The van der Waals surface area contributed by atoms with Gasteiger partial charge in [0.2, 0.25) is 0 Å². The molecule has 0 unspecified atom stereocenters. The lowest BCUT2D eigenvalue weighted by Crippen LogP contribution is -2.09. The molecule has 0 saturated carbocycles. The number of carbonyl (C=O) groups excluding carboxylic acids is 1. The maximum Gasteiger partial charge on any atom is 0.311 e. The number of ether oxygens (including phenoxy) is 2. The van der Waals surface area contributed by atoms with Gasteiger partial charge in [-0.1, -0.05) is 54.6 Å². The van der Waals surface area contributed by atoms with Gasteiger partial charge in [-0.3, -0.25) is 4.79 Å². The number of hydrogen-bond donors (Lipinski definition) is 0. The fraction of sp³-hybridized carbons (Fsp3) is 0.0952. The van der Waals surface area contributed by atoms with Crippen LogP contribution in [0.3, 0.4) is 0 Å². The van der Waals surface area contributed by atoms with Crippen molar-refractivity contribution in [1.82, 2.24) is 0 Å². The molecule has 0 atom stereocenters. The van der Waals surface area contributed by atoms with Crippen LogP contribution in [0.4, 0.5) is 0 Å². The Labute approximate surface area is 141 Å². The highest BCUT2D eigenvalue weighted by atomic mass is 16.5. The first kappa shape index (κ1) is 15.8. The lowest BCUT2D eigenvalue weighted by atomic mass is 10.1. The number of benzene rings is 3. The smallest absolute Gasteiger partial charge is 0.311 e. The van der Waals surface area contributed by atoms with Crippen molar-refractivity contribution in [3.8, 4) is 17.2 Å². The predicted molar refractivity (Wildman–Crippen MR) is 93.4 cm³/mol. The first-order valence-electron chi connectivity index (χ1n) is 7.88. The van der Waals surface area contributed by atoms with E-state index in [1.807, 2.05) is 72.8 Å². The molecule has 0 saturated heterocycles. The molecule has 0 aromatic heterocycles. The largest absolute Gasteiger partial charge is 0.457 e. The predicted octanol–water partition coefficient (Wildman–Crippen LogP) is 5.02. The van der Waals surface area contributed by atoms with Crippen molar-refractivity contribution in [2.24, 2.45) is 0 Å². The average Bonchev–Trinajstić information content (AvgIpc) is 2.63. The van der Waals surface area contributed by atoms with Crippen LogP contribution in [0.25, 0.3) is 0 Å². The summed E-state index contributed by atoms with van der Waals surface area (Å²) in [5.41, 5.74) is 0.978. The molecule has 0 aliphatic heterocycles. The molecule has 3 rings (SSSR count). The summed E-state index contributed by atoms with van der Waals surface area (Å²) in [6.45, 7) is 0. The van der Waals surface area contributed by atoms with Crippen molar-refractivity contribution in [2.45, 2.75) is 12.8 Å². The molecule has 0 aliphatic carbocycles. The Morgan fingerprint density at radius 2 is 1.29 bits per heavy atom. The molecule has 24 heavy (non-hydrogen) atoms. The molecule has 0 heterocycles. The minimum absolute atomic E-state index is 0.254. The zero-order chi connectivity index (χ0) is 16.6. The van der Waals surface area contributed by atoms with Crippen LogP contribution in [0.1, 0.15) is 12.0 Å². The van der Waals surface area contributed by atoms with Crippen LogP contribution in [-0.2, 0) is 11.2 Å². The summed E-state index contributed by atoms with van der Waals surface area (Å²) in [6, 6.07) is 26.4. The summed E-state index contributed by atoms with van der Waals surface area (Å²) in [6.07, 6.45) is 0.860. The highest BCUT2D eigenvalue weighted by Gasteiger charge is 2.09. The second-order valence-electron chi connectivity index (χ2n) is 5.31. The summed E-state index contributed by atoms with van der Waals surface area (Å²) in [5, 5.41) is 0. The maximum absolute atomic E-state index is 12.0. The molecule has 0 N–H and O–H groups in total. The second-order valence-corrected chi connectivity index (χ2v) is 5.31. The fourth-order valence-electron chi connectivity index (χ4n) is 2.33. The number of carbonyl (C=O) groups is 1. The van der Waals surface area contributed by atoms with E-state index >= 15 is 0 Å². The van der Waals surface area contributed by atoms with E-state index in [9.17, 15) is 4.79 Å². The van der Waals surface area contributed by atoms with Crippen molar-refractivity contribution >= 4 is 5.97 Å². The SMILES string of the molecule is O=C(CCc1ccccc1Oc1ccccc1)Oc1ccccc1. The molecular formula is C21H18O3. The van der Waals surface area contributed by atoms with Crippen LogP contribution in [0.15, 0.2) is 84.9 Å². The summed E-state index contributed by atoms with van der Waals surface area (Å²) in [5.74, 6) is 1.85. The molecular weight excluding hydrogens is 300 g/mol. The molecule has 3 heteroatoms.